The van der Waals surface area contributed by atoms with Gasteiger partial charge < -0.3 is 27.9 Å². The molecule has 10 heteroatoms. The molecule has 0 aliphatic rings. The van der Waals surface area contributed by atoms with Crippen LogP contribution in [-0.2, 0) is 32.7 Å². The molecule has 0 fully saturated rings. The van der Waals surface area contributed by atoms with E-state index >= 15 is 0 Å². The Hall–Kier alpha value is -3.59. The van der Waals surface area contributed by atoms with Gasteiger partial charge in [-0.25, -0.2) is 0 Å². The van der Waals surface area contributed by atoms with Gasteiger partial charge >= 0.3 is 11.9 Å². The van der Waals surface area contributed by atoms with Crippen molar-refractivity contribution >= 4 is 19.8 Å². The van der Waals surface area contributed by atoms with Crippen LogP contribution in [0.15, 0.2) is 122 Å². The topological polar surface area (TPSA) is 111 Å². The highest BCUT2D eigenvalue weighted by Crippen LogP contribution is 2.38. The zero-order valence-electron chi connectivity index (χ0n) is 39.3. The number of carbonyl (C=O) groups excluding carboxylic acids is 2. The van der Waals surface area contributed by atoms with Crippen molar-refractivity contribution in [3.63, 3.8) is 0 Å². The summed E-state index contributed by atoms with van der Waals surface area (Å²) in [6.07, 6.45) is 59.6. The number of hydrogen-bond donors (Lipinski definition) is 0. The summed E-state index contributed by atoms with van der Waals surface area (Å²) >= 11 is 0. The predicted molar refractivity (Wildman–Crippen MR) is 258 cm³/mol. The molecule has 0 spiro atoms. The molecule has 0 saturated heterocycles. The number of ether oxygens (including phenoxy) is 2. The number of carbonyl (C=O) groups is 2. The van der Waals surface area contributed by atoms with Crippen LogP contribution >= 0.6 is 7.82 Å². The summed E-state index contributed by atoms with van der Waals surface area (Å²) in [5, 5.41) is 0. The first-order chi connectivity index (χ1) is 30.0. The summed E-state index contributed by atoms with van der Waals surface area (Å²) in [5.74, 6) is -0.961. The van der Waals surface area contributed by atoms with E-state index in [0.29, 0.717) is 23.9 Å². The smallest absolute Gasteiger partial charge is 0.306 e. The van der Waals surface area contributed by atoms with Gasteiger partial charge in [-0.2, -0.15) is 0 Å². The van der Waals surface area contributed by atoms with Gasteiger partial charge in [0, 0.05) is 12.8 Å². The molecule has 350 valence electrons. The first-order valence-electron chi connectivity index (χ1n) is 23.2. The maximum atomic E-state index is 12.7. The van der Waals surface area contributed by atoms with Gasteiger partial charge in [0.2, 0.25) is 0 Å². The summed E-state index contributed by atoms with van der Waals surface area (Å²) < 4.78 is 33.8. The number of likely N-dealkylation sites (N-methyl/N-ethyl adjacent to an activating group) is 1. The van der Waals surface area contributed by atoms with Crippen LogP contribution in [0, 0.1) is 0 Å². The van der Waals surface area contributed by atoms with Crippen LogP contribution in [0.2, 0.25) is 0 Å². The van der Waals surface area contributed by atoms with E-state index in [1.807, 2.05) is 33.3 Å². The fraction of sp³-hybridized carbons (Fsp3) is 0.577. The van der Waals surface area contributed by atoms with Crippen molar-refractivity contribution in [2.75, 3.05) is 47.5 Å². The van der Waals surface area contributed by atoms with Crippen molar-refractivity contribution in [2.24, 2.45) is 0 Å². The van der Waals surface area contributed by atoms with Gasteiger partial charge in [-0.05, 0) is 89.9 Å². The molecule has 0 aromatic rings. The Labute approximate surface area is 378 Å². The highest BCUT2D eigenvalue weighted by atomic mass is 31.2. The highest BCUT2D eigenvalue weighted by Gasteiger charge is 2.21. The monoisotopic (exact) mass is 882 g/mol. The molecular formula is C52H84NO8P. The summed E-state index contributed by atoms with van der Waals surface area (Å²) in [6, 6.07) is 0. The fourth-order valence-electron chi connectivity index (χ4n) is 5.43. The predicted octanol–water partition coefficient (Wildman–Crippen LogP) is 13.1. The highest BCUT2D eigenvalue weighted by molar-refractivity contribution is 7.45. The average Bonchev–Trinajstić information content (AvgIpc) is 3.23. The second-order valence-electron chi connectivity index (χ2n) is 16.0. The van der Waals surface area contributed by atoms with E-state index in [0.717, 1.165) is 103 Å². The van der Waals surface area contributed by atoms with E-state index in [9.17, 15) is 19.0 Å². The molecule has 0 aromatic carbocycles. The molecule has 0 amide bonds. The summed E-state index contributed by atoms with van der Waals surface area (Å²) in [4.78, 5) is 37.5. The fourth-order valence-corrected chi connectivity index (χ4v) is 6.16. The van der Waals surface area contributed by atoms with Crippen LogP contribution in [0.4, 0.5) is 0 Å². The van der Waals surface area contributed by atoms with Gasteiger partial charge in [-0.3, -0.25) is 14.2 Å². The zero-order valence-corrected chi connectivity index (χ0v) is 40.1. The Balaban J connectivity index is 4.41. The quantitative estimate of drug-likeness (QED) is 0.0197. The van der Waals surface area contributed by atoms with Crippen molar-refractivity contribution < 1.29 is 42.1 Å². The van der Waals surface area contributed by atoms with Gasteiger partial charge in [0.05, 0.1) is 27.7 Å². The molecule has 62 heavy (non-hydrogen) atoms. The Bertz CT molecular complexity index is 1460. The number of phosphoric ester groups is 1. The van der Waals surface area contributed by atoms with Gasteiger partial charge in [0.1, 0.15) is 19.8 Å². The minimum Gasteiger partial charge on any atom is -0.756 e. The molecule has 0 rings (SSSR count). The van der Waals surface area contributed by atoms with Crippen LogP contribution in [0.5, 0.6) is 0 Å². The molecule has 0 heterocycles. The van der Waals surface area contributed by atoms with E-state index in [4.69, 9.17) is 18.5 Å². The lowest BCUT2D eigenvalue weighted by molar-refractivity contribution is -0.870. The van der Waals surface area contributed by atoms with Crippen molar-refractivity contribution in [1.82, 2.24) is 0 Å². The molecule has 0 aliphatic carbocycles. The number of quaternary nitrogens is 1. The molecule has 2 unspecified atom stereocenters. The van der Waals surface area contributed by atoms with Crippen molar-refractivity contribution in [2.45, 2.75) is 148 Å². The van der Waals surface area contributed by atoms with Gasteiger partial charge in [0.15, 0.2) is 6.10 Å². The molecule has 0 aromatic heterocycles. The zero-order chi connectivity index (χ0) is 45.7. The van der Waals surface area contributed by atoms with Crippen molar-refractivity contribution in [3.05, 3.63) is 122 Å². The number of unbranched alkanes of at least 4 members (excludes halogenated alkanes) is 6. The number of rotatable bonds is 40. The lowest BCUT2D eigenvalue weighted by Crippen LogP contribution is -2.37. The molecule has 9 nitrogen and oxygen atoms in total. The number of phosphoric acid groups is 1. The van der Waals surface area contributed by atoms with Crippen molar-refractivity contribution in [1.29, 1.82) is 0 Å². The Kier molecular flexibility index (Phi) is 40.2. The molecule has 0 radical (unpaired) electrons. The molecule has 2 atom stereocenters. The van der Waals surface area contributed by atoms with E-state index in [1.165, 1.54) is 0 Å². The third-order valence-corrected chi connectivity index (χ3v) is 9.95. The average molecular weight is 882 g/mol. The first-order valence-corrected chi connectivity index (χ1v) is 24.7. The molecule has 0 N–H and O–H groups in total. The number of esters is 2. The minimum absolute atomic E-state index is 0.0521. The lowest BCUT2D eigenvalue weighted by atomic mass is 10.1. The van der Waals surface area contributed by atoms with Gasteiger partial charge in [-0.15, -0.1) is 0 Å². The largest absolute Gasteiger partial charge is 0.756 e. The molecular weight excluding hydrogens is 798 g/mol. The van der Waals surface area contributed by atoms with Crippen LogP contribution in [0.1, 0.15) is 142 Å². The number of hydrogen-bond acceptors (Lipinski definition) is 8. The third kappa shape index (κ3) is 45.9. The Morgan fingerprint density at radius 3 is 1.35 bits per heavy atom. The van der Waals surface area contributed by atoms with Crippen LogP contribution < -0.4 is 4.89 Å². The number of allylic oxidation sites excluding steroid dienone is 20. The van der Waals surface area contributed by atoms with E-state index in [-0.39, 0.29) is 26.1 Å². The van der Waals surface area contributed by atoms with Gasteiger partial charge in [-0.1, -0.05) is 161 Å². The lowest BCUT2D eigenvalue weighted by Gasteiger charge is -2.28. The van der Waals surface area contributed by atoms with Crippen LogP contribution in [-0.4, -0.2) is 70.0 Å². The van der Waals surface area contributed by atoms with Crippen LogP contribution in [0.3, 0.4) is 0 Å². The summed E-state index contributed by atoms with van der Waals surface area (Å²) in [5.41, 5.74) is 0. The van der Waals surface area contributed by atoms with E-state index in [2.05, 4.69) is 123 Å². The summed E-state index contributed by atoms with van der Waals surface area (Å²) in [6.45, 7) is 3.86. The standard InChI is InChI=1S/C52H84NO8P/c1-6-8-10-12-14-16-18-20-21-22-23-24-25-26-27-28-29-30-31-33-35-37-39-41-43-45-52(55)61-50(49-60-62(56,57)59-47-46-53(3,4)5)48-58-51(54)44-42-40-38-36-34-32-19-17-15-13-11-9-7-2/h8-11,14-17,20-21,23-24,26-27,29-30,32,34,38,40,50H,6-7,12-13,18-19,22,25,28,31,33,35-37,39,41-49H2,1-5H3/b10-8-,11-9-,16-14-,17-15-,21-20-,24-23-,27-26-,30-29-,34-32-,40-38-. The van der Waals surface area contributed by atoms with Crippen LogP contribution in [0.25, 0.3) is 0 Å². The van der Waals surface area contributed by atoms with Gasteiger partial charge in [0.25, 0.3) is 7.82 Å². The minimum atomic E-state index is -4.66. The molecule has 0 aliphatic heterocycles. The molecule has 0 saturated carbocycles. The summed E-state index contributed by atoms with van der Waals surface area (Å²) in [7, 11) is 1.09. The second kappa shape index (κ2) is 42.7. The third-order valence-electron chi connectivity index (χ3n) is 8.99. The SMILES string of the molecule is CC/C=C\C/C=C\C/C=C\C/C=C\C/C=C\C/C=C\CCCCCCCCC(=O)OC(COC(=O)CC/C=C\C/C=C\C/C=C\C/C=C\CC)COP(=O)([O-])OCC[N+](C)(C)C. The normalized spacial score (nSPS) is 14.6. The molecule has 0 bridgehead atoms. The van der Waals surface area contributed by atoms with Crippen molar-refractivity contribution in [3.8, 4) is 0 Å². The maximum absolute atomic E-state index is 12.7. The first kappa shape index (κ1) is 58.4. The van der Waals surface area contributed by atoms with E-state index < -0.39 is 32.5 Å². The Morgan fingerprint density at radius 2 is 0.903 bits per heavy atom. The Morgan fingerprint density at radius 1 is 0.500 bits per heavy atom. The maximum Gasteiger partial charge on any atom is 0.306 e. The second-order valence-corrected chi connectivity index (χ2v) is 17.4. The number of nitrogens with zero attached hydrogens (tertiary/aromatic N) is 1. The van der Waals surface area contributed by atoms with E-state index in [1.54, 1.807) is 0 Å².